The van der Waals surface area contributed by atoms with Crippen LogP contribution in [0.3, 0.4) is 0 Å². The molecule has 2 nitrogen and oxygen atoms in total. The zero-order chi connectivity index (χ0) is 12.1. The Morgan fingerprint density at radius 3 is 2.82 bits per heavy atom. The van der Waals surface area contributed by atoms with Gasteiger partial charge in [0.25, 0.3) is 0 Å². The summed E-state index contributed by atoms with van der Waals surface area (Å²) in [6, 6.07) is 8.91. The minimum absolute atomic E-state index is 0.519. The largest absolute Gasteiger partial charge is 0.492 e. The first-order chi connectivity index (χ1) is 8.27. The van der Waals surface area contributed by atoms with Crippen LogP contribution in [0.25, 0.3) is 0 Å². The van der Waals surface area contributed by atoms with E-state index in [4.69, 9.17) is 4.74 Å². The quantitative estimate of drug-likeness (QED) is 0.861. The number of ether oxygens (including phenoxy) is 1. The second kappa shape index (κ2) is 6.06. The molecule has 1 saturated heterocycles. The monoisotopic (exact) mass is 233 g/mol. The van der Waals surface area contributed by atoms with Crippen molar-refractivity contribution in [1.82, 2.24) is 5.32 Å². The van der Waals surface area contributed by atoms with Crippen molar-refractivity contribution in [2.75, 3.05) is 13.2 Å². The zero-order valence-corrected chi connectivity index (χ0v) is 10.9. The lowest BCUT2D eigenvalue weighted by Crippen LogP contribution is -2.38. The number of para-hydroxylation sites is 1. The maximum atomic E-state index is 5.98. The van der Waals surface area contributed by atoms with Crippen molar-refractivity contribution in [3.05, 3.63) is 29.8 Å². The van der Waals surface area contributed by atoms with Crippen LogP contribution in [0.4, 0.5) is 0 Å². The van der Waals surface area contributed by atoms with E-state index in [1.54, 1.807) is 0 Å². The van der Waals surface area contributed by atoms with E-state index in [0.717, 1.165) is 18.9 Å². The summed E-state index contributed by atoms with van der Waals surface area (Å²) in [5.41, 5.74) is 1.31. The smallest absolute Gasteiger partial charge is 0.122 e. The Morgan fingerprint density at radius 2 is 2.12 bits per heavy atom. The first kappa shape index (κ1) is 12.4. The molecule has 2 rings (SSSR count). The number of hydrogen-bond acceptors (Lipinski definition) is 2. The van der Waals surface area contributed by atoms with Crippen molar-refractivity contribution in [2.24, 2.45) is 0 Å². The van der Waals surface area contributed by atoms with E-state index in [1.165, 1.54) is 24.8 Å². The molecule has 0 spiro atoms. The molecule has 1 fully saturated rings. The van der Waals surface area contributed by atoms with Crippen molar-refractivity contribution < 1.29 is 4.74 Å². The predicted molar refractivity (Wildman–Crippen MR) is 71.7 cm³/mol. The molecule has 2 heteroatoms. The summed E-state index contributed by atoms with van der Waals surface area (Å²) in [6.07, 6.45) is 3.87. The molecule has 94 valence electrons. The molecule has 1 aromatic rings. The van der Waals surface area contributed by atoms with Crippen molar-refractivity contribution in [2.45, 2.75) is 45.1 Å². The minimum atomic E-state index is 0.519. The molecule has 1 N–H and O–H groups in total. The SMILES string of the molecule is CC(C)c1ccccc1OCC1CCCCN1. The molecule has 0 saturated carbocycles. The Hall–Kier alpha value is -1.02. The maximum absolute atomic E-state index is 5.98. The van der Waals surface area contributed by atoms with E-state index in [-0.39, 0.29) is 0 Å². The molecule has 17 heavy (non-hydrogen) atoms. The Kier molecular flexibility index (Phi) is 4.43. The van der Waals surface area contributed by atoms with Crippen LogP contribution in [0.1, 0.15) is 44.6 Å². The first-order valence-corrected chi connectivity index (χ1v) is 6.72. The van der Waals surface area contributed by atoms with Gasteiger partial charge in [-0.3, -0.25) is 0 Å². The summed E-state index contributed by atoms with van der Waals surface area (Å²) < 4.78 is 5.98. The highest BCUT2D eigenvalue weighted by atomic mass is 16.5. The summed E-state index contributed by atoms with van der Waals surface area (Å²) in [6.45, 7) is 6.35. The highest BCUT2D eigenvalue weighted by molar-refractivity contribution is 5.35. The number of hydrogen-bond donors (Lipinski definition) is 1. The van der Waals surface area contributed by atoms with Crippen LogP contribution in [0.15, 0.2) is 24.3 Å². The third-order valence-electron chi connectivity index (χ3n) is 3.39. The van der Waals surface area contributed by atoms with E-state index in [0.29, 0.717) is 12.0 Å². The number of rotatable bonds is 4. The first-order valence-electron chi connectivity index (χ1n) is 6.72. The molecule has 0 amide bonds. The van der Waals surface area contributed by atoms with Gasteiger partial charge in [0.1, 0.15) is 12.4 Å². The van der Waals surface area contributed by atoms with Crippen LogP contribution in [0.5, 0.6) is 5.75 Å². The fourth-order valence-electron chi connectivity index (χ4n) is 2.35. The average molecular weight is 233 g/mol. The molecule has 0 aromatic heterocycles. The molecule has 0 aliphatic carbocycles. The third kappa shape index (κ3) is 3.47. The number of piperidine rings is 1. The van der Waals surface area contributed by atoms with Gasteiger partial charge < -0.3 is 10.1 Å². The van der Waals surface area contributed by atoms with E-state index in [2.05, 4.69) is 43.4 Å². The van der Waals surface area contributed by atoms with E-state index in [1.807, 2.05) is 0 Å². The van der Waals surface area contributed by atoms with Gasteiger partial charge in [0.2, 0.25) is 0 Å². The second-order valence-electron chi connectivity index (χ2n) is 5.15. The highest BCUT2D eigenvalue weighted by Gasteiger charge is 2.14. The summed E-state index contributed by atoms with van der Waals surface area (Å²) >= 11 is 0. The van der Waals surface area contributed by atoms with Gasteiger partial charge in [-0.25, -0.2) is 0 Å². The predicted octanol–water partition coefficient (Wildman–Crippen LogP) is 3.33. The standard InChI is InChI=1S/C15H23NO/c1-12(2)14-8-3-4-9-15(14)17-11-13-7-5-6-10-16-13/h3-4,8-9,12-13,16H,5-7,10-11H2,1-2H3. The number of benzene rings is 1. The topological polar surface area (TPSA) is 21.3 Å². The number of nitrogens with one attached hydrogen (secondary N) is 1. The van der Waals surface area contributed by atoms with Gasteiger partial charge in [0, 0.05) is 6.04 Å². The fourth-order valence-corrected chi connectivity index (χ4v) is 2.35. The Labute approximate surface area is 104 Å². The minimum Gasteiger partial charge on any atom is -0.492 e. The molecule has 1 aliphatic heterocycles. The maximum Gasteiger partial charge on any atom is 0.122 e. The molecule has 1 aromatic carbocycles. The van der Waals surface area contributed by atoms with Crippen LogP contribution in [0.2, 0.25) is 0 Å². The van der Waals surface area contributed by atoms with Crippen LogP contribution in [-0.2, 0) is 0 Å². The molecule has 0 bridgehead atoms. The second-order valence-corrected chi connectivity index (χ2v) is 5.15. The van der Waals surface area contributed by atoms with Crippen LogP contribution in [0, 0.1) is 0 Å². The van der Waals surface area contributed by atoms with Crippen LogP contribution in [-0.4, -0.2) is 19.2 Å². The van der Waals surface area contributed by atoms with E-state index >= 15 is 0 Å². The Bertz CT molecular complexity index is 343. The van der Waals surface area contributed by atoms with Crippen molar-refractivity contribution in [3.8, 4) is 5.75 Å². The lowest BCUT2D eigenvalue weighted by atomic mass is 10.0. The highest BCUT2D eigenvalue weighted by Crippen LogP contribution is 2.26. The van der Waals surface area contributed by atoms with Gasteiger partial charge >= 0.3 is 0 Å². The van der Waals surface area contributed by atoms with E-state index in [9.17, 15) is 0 Å². The van der Waals surface area contributed by atoms with Gasteiger partial charge in [-0.2, -0.15) is 0 Å². The normalized spacial score (nSPS) is 20.5. The molecule has 1 unspecified atom stereocenters. The van der Waals surface area contributed by atoms with Crippen molar-refractivity contribution in [3.63, 3.8) is 0 Å². The zero-order valence-electron chi connectivity index (χ0n) is 10.9. The lowest BCUT2D eigenvalue weighted by Gasteiger charge is -2.24. The molecule has 1 heterocycles. The average Bonchev–Trinajstić information content (AvgIpc) is 2.38. The van der Waals surface area contributed by atoms with Gasteiger partial charge in [0.05, 0.1) is 0 Å². The Balaban J connectivity index is 1.93. The molecule has 1 atom stereocenters. The van der Waals surface area contributed by atoms with Crippen LogP contribution >= 0.6 is 0 Å². The van der Waals surface area contributed by atoms with Crippen molar-refractivity contribution in [1.29, 1.82) is 0 Å². The van der Waals surface area contributed by atoms with Crippen molar-refractivity contribution >= 4 is 0 Å². The summed E-state index contributed by atoms with van der Waals surface area (Å²) in [7, 11) is 0. The van der Waals surface area contributed by atoms with Gasteiger partial charge in [-0.1, -0.05) is 38.5 Å². The van der Waals surface area contributed by atoms with E-state index < -0.39 is 0 Å². The summed E-state index contributed by atoms with van der Waals surface area (Å²) in [5, 5.41) is 3.51. The summed E-state index contributed by atoms with van der Waals surface area (Å²) in [5.74, 6) is 1.57. The Morgan fingerprint density at radius 1 is 1.29 bits per heavy atom. The van der Waals surface area contributed by atoms with Crippen LogP contribution < -0.4 is 10.1 Å². The molecule has 1 aliphatic rings. The molecule has 0 radical (unpaired) electrons. The fraction of sp³-hybridized carbons (Fsp3) is 0.600. The summed E-state index contributed by atoms with van der Waals surface area (Å²) in [4.78, 5) is 0. The third-order valence-corrected chi connectivity index (χ3v) is 3.39. The van der Waals surface area contributed by atoms with Gasteiger partial charge in [-0.05, 0) is 36.9 Å². The lowest BCUT2D eigenvalue weighted by molar-refractivity contribution is 0.237. The van der Waals surface area contributed by atoms with Gasteiger partial charge in [-0.15, -0.1) is 0 Å². The van der Waals surface area contributed by atoms with Gasteiger partial charge in [0.15, 0.2) is 0 Å². The molecular weight excluding hydrogens is 210 g/mol. The molecular formula is C15H23NO.